The number of halogens is 1. The predicted molar refractivity (Wildman–Crippen MR) is 65.0 cm³/mol. The Kier molecular flexibility index (Phi) is 4.24. The lowest BCUT2D eigenvalue weighted by atomic mass is 10.3. The molecule has 0 aromatic carbocycles. The summed E-state index contributed by atoms with van der Waals surface area (Å²) in [5.74, 6) is 0.345. The Labute approximate surface area is 104 Å². The van der Waals surface area contributed by atoms with Gasteiger partial charge < -0.3 is 10.6 Å². The van der Waals surface area contributed by atoms with E-state index in [4.69, 9.17) is 11.6 Å². The van der Waals surface area contributed by atoms with Gasteiger partial charge in [0, 0.05) is 26.2 Å². The van der Waals surface area contributed by atoms with Gasteiger partial charge in [0.25, 0.3) is 0 Å². The van der Waals surface area contributed by atoms with E-state index in [2.05, 4.69) is 25.7 Å². The summed E-state index contributed by atoms with van der Waals surface area (Å²) in [7, 11) is 0. The van der Waals surface area contributed by atoms with Crippen LogP contribution >= 0.6 is 11.6 Å². The molecule has 0 atom stereocenters. The van der Waals surface area contributed by atoms with Crippen LogP contribution in [0, 0.1) is 0 Å². The lowest BCUT2D eigenvalue weighted by Gasteiger charge is -2.26. The summed E-state index contributed by atoms with van der Waals surface area (Å²) in [5.41, 5.74) is 0. The molecule has 0 unspecified atom stereocenters. The SMILES string of the molecule is O=C(CN1CCNCC1)Nc1ccc(Cl)nn1. The van der Waals surface area contributed by atoms with E-state index >= 15 is 0 Å². The molecular weight excluding hydrogens is 242 g/mol. The number of carbonyl (C=O) groups excluding carboxylic acids is 1. The topological polar surface area (TPSA) is 70.2 Å². The number of anilines is 1. The molecule has 92 valence electrons. The Bertz CT molecular complexity index is 377. The molecule has 0 aliphatic carbocycles. The van der Waals surface area contributed by atoms with Crippen LogP contribution < -0.4 is 10.6 Å². The van der Waals surface area contributed by atoms with Crippen LogP contribution in [0.5, 0.6) is 0 Å². The first-order chi connectivity index (χ1) is 8.24. The Hall–Kier alpha value is -1.24. The molecule has 2 heterocycles. The van der Waals surface area contributed by atoms with Gasteiger partial charge in [-0.2, -0.15) is 0 Å². The van der Waals surface area contributed by atoms with Crippen LogP contribution in [0.1, 0.15) is 0 Å². The van der Waals surface area contributed by atoms with Gasteiger partial charge >= 0.3 is 0 Å². The summed E-state index contributed by atoms with van der Waals surface area (Å²) in [4.78, 5) is 13.8. The van der Waals surface area contributed by atoms with Crippen LogP contribution in [0.3, 0.4) is 0 Å². The van der Waals surface area contributed by atoms with E-state index in [-0.39, 0.29) is 5.91 Å². The number of aromatic nitrogens is 2. The summed E-state index contributed by atoms with van der Waals surface area (Å²) in [6, 6.07) is 3.22. The monoisotopic (exact) mass is 255 g/mol. The van der Waals surface area contributed by atoms with Gasteiger partial charge in [0.15, 0.2) is 11.0 Å². The molecule has 0 saturated carbocycles. The Morgan fingerprint density at radius 1 is 1.41 bits per heavy atom. The van der Waals surface area contributed by atoms with Crippen molar-refractivity contribution in [1.82, 2.24) is 20.4 Å². The van der Waals surface area contributed by atoms with Crippen LogP contribution in [0.2, 0.25) is 5.15 Å². The molecule has 6 nitrogen and oxygen atoms in total. The minimum atomic E-state index is -0.0801. The molecule has 0 spiro atoms. The van der Waals surface area contributed by atoms with Gasteiger partial charge in [-0.05, 0) is 12.1 Å². The Morgan fingerprint density at radius 2 is 2.18 bits per heavy atom. The second kappa shape index (κ2) is 5.90. The van der Waals surface area contributed by atoms with E-state index in [1.807, 2.05) is 0 Å². The van der Waals surface area contributed by atoms with E-state index in [1.54, 1.807) is 12.1 Å². The molecule has 2 rings (SSSR count). The molecule has 7 heteroatoms. The molecule has 1 amide bonds. The van der Waals surface area contributed by atoms with Gasteiger partial charge in [-0.1, -0.05) is 11.6 Å². The first-order valence-corrected chi connectivity index (χ1v) is 5.84. The van der Waals surface area contributed by atoms with Gasteiger partial charge in [0.1, 0.15) is 0 Å². The van der Waals surface area contributed by atoms with Crippen molar-refractivity contribution in [1.29, 1.82) is 0 Å². The second-order valence-corrected chi connectivity index (χ2v) is 4.20. The van der Waals surface area contributed by atoms with Crippen molar-refractivity contribution in [3.63, 3.8) is 0 Å². The molecule has 1 aliphatic rings. The number of hydrogen-bond donors (Lipinski definition) is 2. The lowest BCUT2D eigenvalue weighted by molar-refractivity contribution is -0.117. The summed E-state index contributed by atoms with van der Waals surface area (Å²) < 4.78 is 0. The average Bonchev–Trinajstić information content (AvgIpc) is 2.33. The third-order valence-corrected chi connectivity index (χ3v) is 2.68. The van der Waals surface area contributed by atoms with Gasteiger partial charge in [-0.3, -0.25) is 9.69 Å². The molecule has 2 N–H and O–H groups in total. The zero-order chi connectivity index (χ0) is 12.1. The third kappa shape index (κ3) is 3.92. The number of carbonyl (C=O) groups is 1. The van der Waals surface area contributed by atoms with E-state index < -0.39 is 0 Å². The largest absolute Gasteiger partial charge is 0.314 e. The highest BCUT2D eigenvalue weighted by molar-refractivity contribution is 6.29. The molecule has 17 heavy (non-hydrogen) atoms. The third-order valence-electron chi connectivity index (χ3n) is 2.48. The average molecular weight is 256 g/mol. The van der Waals surface area contributed by atoms with Crippen molar-refractivity contribution >= 4 is 23.3 Å². The quantitative estimate of drug-likeness (QED) is 0.794. The number of rotatable bonds is 3. The fourth-order valence-electron chi connectivity index (χ4n) is 1.64. The second-order valence-electron chi connectivity index (χ2n) is 3.82. The van der Waals surface area contributed by atoms with E-state index in [0.717, 1.165) is 26.2 Å². The smallest absolute Gasteiger partial charge is 0.239 e. The number of nitrogens with one attached hydrogen (secondary N) is 2. The maximum absolute atomic E-state index is 11.7. The Morgan fingerprint density at radius 3 is 2.82 bits per heavy atom. The molecule has 1 saturated heterocycles. The zero-order valence-corrected chi connectivity index (χ0v) is 10.1. The van der Waals surface area contributed by atoms with E-state index in [0.29, 0.717) is 17.5 Å². The Balaban J connectivity index is 1.82. The fraction of sp³-hybridized carbons (Fsp3) is 0.500. The van der Waals surface area contributed by atoms with E-state index in [1.165, 1.54) is 0 Å². The van der Waals surface area contributed by atoms with Crippen LogP contribution in [0.15, 0.2) is 12.1 Å². The molecule has 1 aliphatic heterocycles. The van der Waals surface area contributed by atoms with Crippen molar-refractivity contribution in [3.05, 3.63) is 17.3 Å². The number of piperazine rings is 1. The molecule has 1 fully saturated rings. The van der Waals surface area contributed by atoms with Crippen molar-refractivity contribution in [2.75, 3.05) is 38.0 Å². The minimum Gasteiger partial charge on any atom is -0.314 e. The van der Waals surface area contributed by atoms with Gasteiger partial charge in [0.2, 0.25) is 5.91 Å². The van der Waals surface area contributed by atoms with Crippen LogP contribution in [-0.2, 0) is 4.79 Å². The first-order valence-electron chi connectivity index (χ1n) is 5.46. The van der Waals surface area contributed by atoms with Gasteiger partial charge in [-0.15, -0.1) is 10.2 Å². The maximum atomic E-state index is 11.7. The highest BCUT2D eigenvalue weighted by Gasteiger charge is 2.13. The van der Waals surface area contributed by atoms with Crippen LogP contribution in [0.4, 0.5) is 5.82 Å². The molecule has 1 aromatic heterocycles. The summed E-state index contributed by atoms with van der Waals surface area (Å²) in [5, 5.41) is 13.6. The number of nitrogens with zero attached hydrogens (tertiary/aromatic N) is 3. The van der Waals surface area contributed by atoms with Crippen LogP contribution in [-0.4, -0.2) is 53.7 Å². The van der Waals surface area contributed by atoms with Crippen molar-refractivity contribution in [3.8, 4) is 0 Å². The van der Waals surface area contributed by atoms with Crippen molar-refractivity contribution in [2.24, 2.45) is 0 Å². The summed E-state index contributed by atoms with van der Waals surface area (Å²) in [6.07, 6.45) is 0. The highest BCUT2D eigenvalue weighted by Crippen LogP contribution is 2.06. The predicted octanol–water partition coefficient (Wildman–Crippen LogP) is -0.0263. The number of hydrogen-bond acceptors (Lipinski definition) is 5. The maximum Gasteiger partial charge on any atom is 0.239 e. The van der Waals surface area contributed by atoms with Crippen LogP contribution in [0.25, 0.3) is 0 Å². The van der Waals surface area contributed by atoms with Crippen molar-refractivity contribution < 1.29 is 4.79 Å². The van der Waals surface area contributed by atoms with Gasteiger partial charge in [-0.25, -0.2) is 0 Å². The van der Waals surface area contributed by atoms with Crippen molar-refractivity contribution in [2.45, 2.75) is 0 Å². The zero-order valence-electron chi connectivity index (χ0n) is 9.32. The summed E-state index contributed by atoms with van der Waals surface area (Å²) >= 11 is 5.60. The highest BCUT2D eigenvalue weighted by atomic mass is 35.5. The lowest BCUT2D eigenvalue weighted by Crippen LogP contribution is -2.46. The van der Waals surface area contributed by atoms with E-state index in [9.17, 15) is 4.79 Å². The standard InChI is InChI=1S/C10H14ClN5O/c11-8-1-2-9(15-14-8)13-10(17)7-16-5-3-12-4-6-16/h1-2,12H,3-7H2,(H,13,15,17). The molecule has 1 aromatic rings. The minimum absolute atomic E-state index is 0.0801. The summed E-state index contributed by atoms with van der Waals surface area (Å²) in [6.45, 7) is 4.01. The molecule has 0 radical (unpaired) electrons. The normalized spacial score (nSPS) is 16.8. The van der Waals surface area contributed by atoms with Gasteiger partial charge in [0.05, 0.1) is 6.54 Å². The molecular formula is C10H14ClN5O. The molecule has 0 bridgehead atoms. The fourth-order valence-corrected chi connectivity index (χ4v) is 1.74. The first kappa shape index (κ1) is 12.2. The number of amides is 1.